The lowest BCUT2D eigenvalue weighted by atomic mass is 10.0. The van der Waals surface area contributed by atoms with E-state index in [9.17, 15) is 9.50 Å². The van der Waals surface area contributed by atoms with E-state index in [0.29, 0.717) is 16.9 Å². The van der Waals surface area contributed by atoms with Crippen molar-refractivity contribution in [1.29, 1.82) is 0 Å². The average molecular weight is 341 g/mol. The third-order valence-corrected chi connectivity index (χ3v) is 3.60. The van der Waals surface area contributed by atoms with Gasteiger partial charge in [0.05, 0.1) is 18.7 Å². The molecule has 0 saturated carbocycles. The fourth-order valence-corrected chi connectivity index (χ4v) is 2.46. The molecule has 1 N–H and O–H groups in total. The molecule has 2 aromatic carbocycles. The van der Waals surface area contributed by atoms with E-state index in [0.717, 1.165) is 4.47 Å². The van der Waals surface area contributed by atoms with Crippen molar-refractivity contribution < 1.29 is 19.0 Å². The van der Waals surface area contributed by atoms with Gasteiger partial charge in [0.15, 0.2) is 11.6 Å². The van der Waals surface area contributed by atoms with Crippen molar-refractivity contribution in [3.8, 4) is 11.5 Å². The van der Waals surface area contributed by atoms with E-state index in [-0.39, 0.29) is 5.75 Å². The number of benzene rings is 2. The van der Waals surface area contributed by atoms with Gasteiger partial charge in [0.25, 0.3) is 0 Å². The second-order valence-electron chi connectivity index (χ2n) is 4.19. The zero-order valence-electron chi connectivity index (χ0n) is 11.1. The van der Waals surface area contributed by atoms with Crippen LogP contribution in [-0.2, 0) is 0 Å². The Labute approximate surface area is 125 Å². The summed E-state index contributed by atoms with van der Waals surface area (Å²) in [6, 6.07) is 9.60. The van der Waals surface area contributed by atoms with Crippen LogP contribution in [0.4, 0.5) is 4.39 Å². The van der Waals surface area contributed by atoms with Crippen LogP contribution in [0.3, 0.4) is 0 Å². The molecule has 1 atom stereocenters. The minimum atomic E-state index is -0.919. The molecule has 0 heterocycles. The van der Waals surface area contributed by atoms with Crippen LogP contribution in [0.25, 0.3) is 0 Å². The van der Waals surface area contributed by atoms with Crippen molar-refractivity contribution in [2.24, 2.45) is 0 Å². The molecular formula is C15H14BrFO3. The molecule has 0 saturated heterocycles. The second-order valence-corrected chi connectivity index (χ2v) is 5.04. The van der Waals surface area contributed by atoms with Crippen LogP contribution in [0.1, 0.15) is 17.2 Å². The monoisotopic (exact) mass is 340 g/mol. The lowest BCUT2D eigenvalue weighted by Gasteiger charge is -2.14. The molecule has 20 heavy (non-hydrogen) atoms. The van der Waals surface area contributed by atoms with Crippen LogP contribution in [0.5, 0.6) is 11.5 Å². The van der Waals surface area contributed by atoms with E-state index in [1.807, 2.05) is 0 Å². The van der Waals surface area contributed by atoms with E-state index < -0.39 is 11.9 Å². The Kier molecular flexibility index (Phi) is 4.62. The molecule has 0 aliphatic heterocycles. The summed E-state index contributed by atoms with van der Waals surface area (Å²) in [6.07, 6.45) is -0.919. The topological polar surface area (TPSA) is 38.7 Å². The van der Waals surface area contributed by atoms with E-state index in [1.54, 1.807) is 31.4 Å². The maximum Gasteiger partial charge on any atom is 0.165 e. The summed E-state index contributed by atoms with van der Waals surface area (Å²) < 4.78 is 24.4. The Morgan fingerprint density at radius 1 is 1.00 bits per heavy atom. The number of ether oxygens (including phenoxy) is 2. The molecule has 1 unspecified atom stereocenters. The maximum absolute atomic E-state index is 13.7. The largest absolute Gasteiger partial charge is 0.496 e. The van der Waals surface area contributed by atoms with E-state index in [4.69, 9.17) is 9.47 Å². The minimum absolute atomic E-state index is 0.150. The van der Waals surface area contributed by atoms with Gasteiger partial charge in [0.1, 0.15) is 11.9 Å². The first-order valence-corrected chi connectivity index (χ1v) is 6.71. The van der Waals surface area contributed by atoms with Gasteiger partial charge in [-0.2, -0.15) is 0 Å². The maximum atomic E-state index is 13.7. The standard InChI is InChI=1S/C15H14BrFO3/c1-19-13-5-3-9(7-11(13)16)15(18)10-4-6-14(20-2)12(17)8-10/h3-8,15,18H,1-2H3. The van der Waals surface area contributed by atoms with Gasteiger partial charge in [0, 0.05) is 0 Å². The Balaban J connectivity index is 2.33. The molecular weight excluding hydrogens is 327 g/mol. The molecule has 106 valence electrons. The number of hydrogen-bond donors (Lipinski definition) is 1. The van der Waals surface area contributed by atoms with E-state index in [2.05, 4.69) is 15.9 Å². The Morgan fingerprint density at radius 2 is 1.55 bits per heavy atom. The summed E-state index contributed by atoms with van der Waals surface area (Å²) in [5.74, 6) is 0.315. The summed E-state index contributed by atoms with van der Waals surface area (Å²) in [6.45, 7) is 0. The first kappa shape index (κ1) is 14.8. The third kappa shape index (κ3) is 2.94. The SMILES string of the molecule is COc1ccc(C(O)c2ccc(OC)c(Br)c2)cc1F. The number of aliphatic hydroxyl groups is 1. The molecule has 0 bridgehead atoms. The highest BCUT2D eigenvalue weighted by molar-refractivity contribution is 9.10. The molecule has 0 aliphatic rings. The molecule has 0 fully saturated rings. The zero-order valence-corrected chi connectivity index (χ0v) is 12.6. The smallest absolute Gasteiger partial charge is 0.165 e. The number of hydrogen-bond acceptors (Lipinski definition) is 3. The van der Waals surface area contributed by atoms with Crippen molar-refractivity contribution in [1.82, 2.24) is 0 Å². The van der Waals surface area contributed by atoms with Gasteiger partial charge in [-0.1, -0.05) is 12.1 Å². The highest BCUT2D eigenvalue weighted by Crippen LogP contribution is 2.31. The molecule has 0 amide bonds. The van der Waals surface area contributed by atoms with E-state index >= 15 is 0 Å². The summed E-state index contributed by atoms with van der Waals surface area (Å²) in [5.41, 5.74) is 1.10. The normalized spacial score (nSPS) is 12.1. The number of aliphatic hydroxyl groups excluding tert-OH is 1. The van der Waals surface area contributed by atoms with Crippen LogP contribution in [0.2, 0.25) is 0 Å². The number of methoxy groups -OCH3 is 2. The van der Waals surface area contributed by atoms with E-state index in [1.165, 1.54) is 19.2 Å². The van der Waals surface area contributed by atoms with Gasteiger partial charge in [-0.15, -0.1) is 0 Å². The first-order valence-electron chi connectivity index (χ1n) is 5.91. The lowest BCUT2D eigenvalue weighted by molar-refractivity contribution is 0.219. The van der Waals surface area contributed by atoms with Gasteiger partial charge in [-0.3, -0.25) is 0 Å². The van der Waals surface area contributed by atoms with Crippen LogP contribution in [0.15, 0.2) is 40.9 Å². The van der Waals surface area contributed by atoms with Crippen molar-refractivity contribution in [3.63, 3.8) is 0 Å². The van der Waals surface area contributed by atoms with Gasteiger partial charge < -0.3 is 14.6 Å². The highest BCUT2D eigenvalue weighted by Gasteiger charge is 2.14. The van der Waals surface area contributed by atoms with Crippen molar-refractivity contribution in [2.45, 2.75) is 6.10 Å². The van der Waals surface area contributed by atoms with Gasteiger partial charge in [-0.25, -0.2) is 4.39 Å². The van der Waals surface area contributed by atoms with Crippen molar-refractivity contribution in [3.05, 3.63) is 57.8 Å². The van der Waals surface area contributed by atoms with Crippen molar-refractivity contribution >= 4 is 15.9 Å². The average Bonchev–Trinajstić information content (AvgIpc) is 2.46. The quantitative estimate of drug-likeness (QED) is 0.922. The Morgan fingerprint density at radius 3 is 2.05 bits per heavy atom. The van der Waals surface area contributed by atoms with Crippen LogP contribution < -0.4 is 9.47 Å². The number of rotatable bonds is 4. The molecule has 0 spiro atoms. The summed E-state index contributed by atoms with van der Waals surface area (Å²) >= 11 is 3.36. The predicted molar refractivity (Wildman–Crippen MR) is 77.7 cm³/mol. The van der Waals surface area contributed by atoms with Gasteiger partial charge in [-0.05, 0) is 51.3 Å². The van der Waals surface area contributed by atoms with Crippen LogP contribution in [0, 0.1) is 5.82 Å². The molecule has 0 aliphatic carbocycles. The van der Waals surface area contributed by atoms with Crippen LogP contribution in [-0.4, -0.2) is 19.3 Å². The fourth-order valence-electron chi connectivity index (χ4n) is 1.90. The van der Waals surface area contributed by atoms with Crippen LogP contribution >= 0.6 is 15.9 Å². The highest BCUT2D eigenvalue weighted by atomic mass is 79.9. The molecule has 3 nitrogen and oxygen atoms in total. The number of halogens is 2. The first-order chi connectivity index (χ1) is 9.56. The molecule has 2 aromatic rings. The summed E-state index contributed by atoms with van der Waals surface area (Å²) in [4.78, 5) is 0. The molecule has 0 aromatic heterocycles. The zero-order chi connectivity index (χ0) is 14.7. The van der Waals surface area contributed by atoms with Gasteiger partial charge in [0.2, 0.25) is 0 Å². The lowest BCUT2D eigenvalue weighted by Crippen LogP contribution is -2.01. The molecule has 5 heteroatoms. The Bertz CT molecular complexity index is 563. The van der Waals surface area contributed by atoms with Crippen molar-refractivity contribution in [2.75, 3.05) is 14.2 Å². The fraction of sp³-hybridized carbons (Fsp3) is 0.200. The Hall–Kier alpha value is -1.59. The second kappa shape index (κ2) is 6.24. The third-order valence-electron chi connectivity index (χ3n) is 2.98. The van der Waals surface area contributed by atoms with Gasteiger partial charge >= 0.3 is 0 Å². The summed E-state index contributed by atoms with van der Waals surface area (Å²) in [7, 11) is 2.96. The minimum Gasteiger partial charge on any atom is -0.496 e. The molecule has 0 radical (unpaired) electrons. The molecule has 2 rings (SSSR count). The summed E-state index contributed by atoms with van der Waals surface area (Å²) in [5, 5.41) is 10.3. The predicted octanol–water partition coefficient (Wildman–Crippen LogP) is 3.69.